The van der Waals surface area contributed by atoms with Crippen LogP contribution in [0.1, 0.15) is 22.8 Å². The molecular formula is C20H16F3N3O3S. The molecule has 0 aliphatic rings. The van der Waals surface area contributed by atoms with Crippen LogP contribution in [0.15, 0.2) is 65.7 Å². The van der Waals surface area contributed by atoms with Crippen molar-refractivity contribution in [3.8, 4) is 11.3 Å². The van der Waals surface area contributed by atoms with Crippen LogP contribution in [0.25, 0.3) is 11.3 Å². The van der Waals surface area contributed by atoms with E-state index >= 15 is 0 Å². The number of anilines is 1. The third-order valence-electron chi connectivity index (χ3n) is 4.23. The number of carbonyl (C=O) groups is 1. The average Bonchev–Trinajstić information content (AvgIpc) is 2.73. The molecule has 0 atom stereocenters. The lowest BCUT2D eigenvalue weighted by molar-refractivity contribution is -0.137. The highest BCUT2D eigenvalue weighted by molar-refractivity contribution is 7.91. The molecule has 2 aromatic carbocycles. The Kier molecular flexibility index (Phi) is 5.88. The van der Waals surface area contributed by atoms with Gasteiger partial charge in [-0.25, -0.2) is 8.42 Å². The lowest BCUT2D eigenvalue weighted by atomic mass is 10.1. The van der Waals surface area contributed by atoms with Crippen molar-refractivity contribution in [3.63, 3.8) is 0 Å². The average molecular weight is 435 g/mol. The van der Waals surface area contributed by atoms with Crippen molar-refractivity contribution in [2.75, 3.05) is 11.1 Å². The van der Waals surface area contributed by atoms with Gasteiger partial charge in [-0.15, -0.1) is 10.2 Å². The van der Waals surface area contributed by atoms with Crippen LogP contribution in [0.4, 0.5) is 18.9 Å². The number of aromatic nitrogens is 2. The van der Waals surface area contributed by atoms with Gasteiger partial charge in [-0.1, -0.05) is 31.2 Å². The van der Waals surface area contributed by atoms with Crippen molar-refractivity contribution in [1.29, 1.82) is 0 Å². The molecule has 156 valence electrons. The highest BCUT2D eigenvalue weighted by Gasteiger charge is 2.34. The Morgan fingerprint density at radius 3 is 2.37 bits per heavy atom. The molecular weight excluding hydrogens is 419 g/mol. The number of benzene rings is 2. The number of carbonyl (C=O) groups excluding carboxylic acids is 1. The first-order chi connectivity index (χ1) is 14.1. The second-order valence-electron chi connectivity index (χ2n) is 6.24. The number of sulfone groups is 1. The minimum atomic E-state index is -4.66. The summed E-state index contributed by atoms with van der Waals surface area (Å²) in [6.45, 7) is 1.49. The maximum absolute atomic E-state index is 13.1. The van der Waals surface area contributed by atoms with E-state index in [1.54, 1.807) is 12.1 Å². The van der Waals surface area contributed by atoms with Crippen LogP contribution < -0.4 is 5.32 Å². The summed E-state index contributed by atoms with van der Waals surface area (Å²) in [4.78, 5) is 12.4. The molecule has 1 N–H and O–H groups in total. The van der Waals surface area contributed by atoms with Gasteiger partial charge in [0.05, 0.1) is 22.6 Å². The zero-order chi connectivity index (χ0) is 21.9. The smallest absolute Gasteiger partial charge is 0.322 e. The number of hydrogen-bond donors (Lipinski definition) is 1. The topological polar surface area (TPSA) is 89.0 Å². The normalized spacial score (nSPS) is 11.9. The molecule has 1 aromatic heterocycles. The number of nitrogens with one attached hydrogen (secondary N) is 1. The second kappa shape index (κ2) is 8.23. The second-order valence-corrected chi connectivity index (χ2v) is 8.46. The summed E-state index contributed by atoms with van der Waals surface area (Å²) in [5.41, 5.74) is -0.426. The summed E-state index contributed by atoms with van der Waals surface area (Å²) < 4.78 is 63.1. The molecule has 0 aliphatic carbocycles. The first-order valence-electron chi connectivity index (χ1n) is 8.76. The van der Waals surface area contributed by atoms with Gasteiger partial charge in [-0.2, -0.15) is 13.2 Å². The highest BCUT2D eigenvalue weighted by Crippen LogP contribution is 2.32. The van der Waals surface area contributed by atoms with Gasteiger partial charge in [0.1, 0.15) is 0 Å². The van der Waals surface area contributed by atoms with Crippen LogP contribution in [-0.2, 0) is 16.0 Å². The molecule has 1 amide bonds. The fourth-order valence-corrected chi connectivity index (χ4v) is 3.41. The molecule has 0 aliphatic heterocycles. The predicted molar refractivity (Wildman–Crippen MR) is 105 cm³/mol. The fraction of sp³-hybridized carbons (Fsp3) is 0.150. The summed E-state index contributed by atoms with van der Waals surface area (Å²) in [7, 11) is -3.49. The van der Waals surface area contributed by atoms with Gasteiger partial charge in [-0.3, -0.25) is 4.79 Å². The van der Waals surface area contributed by atoms with Crippen LogP contribution in [0.2, 0.25) is 0 Å². The molecule has 10 heteroatoms. The number of nitrogens with zero attached hydrogens (tertiary/aromatic N) is 2. The number of rotatable bonds is 5. The highest BCUT2D eigenvalue weighted by atomic mass is 32.2. The Bertz CT molecular complexity index is 1180. The van der Waals surface area contributed by atoms with E-state index in [9.17, 15) is 26.4 Å². The van der Waals surface area contributed by atoms with Gasteiger partial charge in [0.2, 0.25) is 0 Å². The molecule has 0 spiro atoms. The molecule has 0 saturated carbocycles. The Hall–Kier alpha value is -3.27. The molecule has 6 nitrogen and oxygen atoms in total. The maximum atomic E-state index is 13.1. The van der Waals surface area contributed by atoms with Gasteiger partial charge >= 0.3 is 6.18 Å². The van der Waals surface area contributed by atoms with E-state index in [-0.39, 0.29) is 16.5 Å². The van der Waals surface area contributed by atoms with Crippen LogP contribution in [0.3, 0.4) is 0 Å². The monoisotopic (exact) mass is 435 g/mol. The molecule has 0 saturated heterocycles. The van der Waals surface area contributed by atoms with Gasteiger partial charge in [0, 0.05) is 11.3 Å². The molecule has 3 rings (SSSR count). The number of hydrogen-bond acceptors (Lipinski definition) is 5. The third-order valence-corrected chi connectivity index (χ3v) is 5.85. The number of alkyl halides is 3. The van der Waals surface area contributed by atoms with Crippen LogP contribution in [0.5, 0.6) is 0 Å². The molecule has 0 fully saturated rings. The SMILES string of the molecule is CCS(=O)(=O)c1ccc(-c2cccc(NC(=O)c3ccccc3C(F)(F)F)c2)nn1. The summed E-state index contributed by atoms with van der Waals surface area (Å²) in [6.07, 6.45) is -4.66. The largest absolute Gasteiger partial charge is 0.417 e. The van der Waals surface area contributed by atoms with Gasteiger partial charge in [-0.05, 0) is 36.4 Å². The van der Waals surface area contributed by atoms with Crippen molar-refractivity contribution in [2.24, 2.45) is 0 Å². The lowest BCUT2D eigenvalue weighted by Gasteiger charge is -2.13. The molecule has 3 aromatic rings. The summed E-state index contributed by atoms with van der Waals surface area (Å²) in [6, 6.07) is 13.5. The van der Waals surface area contributed by atoms with E-state index in [1.807, 2.05) is 0 Å². The van der Waals surface area contributed by atoms with Crippen molar-refractivity contribution in [2.45, 2.75) is 18.1 Å². The van der Waals surface area contributed by atoms with E-state index in [0.29, 0.717) is 11.3 Å². The van der Waals surface area contributed by atoms with E-state index in [1.165, 1.54) is 43.3 Å². The zero-order valence-corrected chi connectivity index (χ0v) is 16.5. The maximum Gasteiger partial charge on any atom is 0.417 e. The predicted octanol–water partition coefficient (Wildman–Crippen LogP) is 4.21. The van der Waals surface area contributed by atoms with Gasteiger partial charge in [0.15, 0.2) is 14.9 Å². The van der Waals surface area contributed by atoms with Gasteiger partial charge < -0.3 is 5.32 Å². The van der Waals surface area contributed by atoms with Crippen molar-refractivity contribution < 1.29 is 26.4 Å². The fourth-order valence-electron chi connectivity index (χ4n) is 2.67. The van der Waals surface area contributed by atoms with Crippen molar-refractivity contribution >= 4 is 21.4 Å². The minimum absolute atomic E-state index is 0.109. The summed E-state index contributed by atoms with van der Waals surface area (Å²) in [5.74, 6) is -1.02. The van der Waals surface area contributed by atoms with Crippen LogP contribution in [-0.4, -0.2) is 30.3 Å². The Morgan fingerprint density at radius 2 is 1.73 bits per heavy atom. The van der Waals surface area contributed by atoms with Crippen LogP contribution in [0, 0.1) is 0 Å². The van der Waals surface area contributed by atoms with Crippen LogP contribution >= 0.6 is 0 Å². The summed E-state index contributed by atoms with van der Waals surface area (Å²) >= 11 is 0. The van der Waals surface area contributed by atoms with E-state index in [2.05, 4.69) is 15.5 Å². The molecule has 1 heterocycles. The third kappa shape index (κ3) is 4.65. The Balaban J connectivity index is 1.86. The standard InChI is InChI=1S/C20H16F3N3O3S/c1-2-30(28,29)18-11-10-17(25-26-18)13-6-5-7-14(12-13)24-19(27)15-8-3-4-9-16(15)20(21,22)23/h3-12H,2H2,1H3,(H,24,27). The van der Waals surface area contributed by atoms with Gasteiger partial charge in [0.25, 0.3) is 5.91 Å². The molecule has 0 unspecified atom stereocenters. The minimum Gasteiger partial charge on any atom is -0.322 e. The van der Waals surface area contributed by atoms with Crippen molar-refractivity contribution in [1.82, 2.24) is 10.2 Å². The van der Waals surface area contributed by atoms with Crippen molar-refractivity contribution in [3.05, 3.63) is 71.8 Å². The summed E-state index contributed by atoms with van der Waals surface area (Å²) in [5, 5.41) is 9.91. The zero-order valence-electron chi connectivity index (χ0n) is 15.6. The number of amides is 1. The lowest BCUT2D eigenvalue weighted by Crippen LogP contribution is -2.18. The van der Waals surface area contributed by atoms with E-state index < -0.39 is 33.0 Å². The molecule has 0 bridgehead atoms. The number of halogens is 3. The van der Waals surface area contributed by atoms with E-state index in [0.717, 1.165) is 12.1 Å². The molecule has 30 heavy (non-hydrogen) atoms. The Morgan fingerprint density at radius 1 is 1.00 bits per heavy atom. The Labute approximate surface area is 170 Å². The quantitative estimate of drug-likeness (QED) is 0.649. The first-order valence-corrected chi connectivity index (χ1v) is 10.4. The van der Waals surface area contributed by atoms with E-state index in [4.69, 9.17) is 0 Å². The molecule has 0 radical (unpaired) electrons. The first kappa shape index (κ1) is 21.4.